The van der Waals surface area contributed by atoms with Crippen molar-refractivity contribution in [3.63, 3.8) is 0 Å². The van der Waals surface area contributed by atoms with Crippen molar-refractivity contribution in [2.24, 2.45) is 0 Å². The van der Waals surface area contributed by atoms with E-state index in [1.807, 2.05) is 0 Å². The van der Waals surface area contributed by atoms with Crippen molar-refractivity contribution in [2.75, 3.05) is 0 Å². The van der Waals surface area contributed by atoms with Gasteiger partial charge in [-0.3, -0.25) is 4.79 Å². The van der Waals surface area contributed by atoms with E-state index in [9.17, 15) is 9.59 Å². The van der Waals surface area contributed by atoms with E-state index in [1.165, 1.54) is 6.08 Å². The summed E-state index contributed by atoms with van der Waals surface area (Å²) in [5, 5.41) is 8.08. The molecule has 0 saturated carbocycles. The summed E-state index contributed by atoms with van der Waals surface area (Å²) >= 11 is 0. The lowest BCUT2D eigenvalue weighted by Crippen LogP contribution is -1.90. The maximum Gasteiger partial charge on any atom is 0.328 e. The molecule has 10 heavy (non-hydrogen) atoms. The molecule has 0 aliphatic carbocycles. The van der Waals surface area contributed by atoms with Crippen LogP contribution in [0.15, 0.2) is 23.9 Å². The number of aliphatic carboxylic acids is 1. The Bertz CT molecular complexity index is 193. The summed E-state index contributed by atoms with van der Waals surface area (Å²) in [4.78, 5) is 20.4. The Morgan fingerprint density at radius 3 is 2.20 bits per heavy atom. The first-order valence-corrected chi connectivity index (χ1v) is 3.90. The Hall–Kier alpha value is -1.16. The maximum atomic E-state index is 10.5. The number of rotatable bonds is 3. The second-order valence-corrected chi connectivity index (χ2v) is 2.24. The minimum atomic E-state index is -1.10. The topological polar surface area (TPSA) is 54.4 Å². The molecule has 0 amide bonds. The van der Waals surface area contributed by atoms with E-state index in [1.54, 1.807) is 5.70 Å². The molecule has 0 aromatic rings. The molecule has 0 fully saturated rings. The molecule has 0 bridgehead atoms. The minimum absolute atomic E-state index is 0.280. The number of allylic oxidation sites excluding steroid dienone is 2. The molecule has 0 saturated heterocycles. The van der Waals surface area contributed by atoms with E-state index in [-0.39, 0.29) is 5.78 Å². The zero-order chi connectivity index (χ0) is 7.98. The fraction of sp³-hybridized carbons (Fsp3) is 0. The van der Waals surface area contributed by atoms with Crippen molar-refractivity contribution in [3.8, 4) is 0 Å². The van der Waals surface area contributed by atoms with Crippen LogP contribution >= 0.6 is 0 Å². The van der Waals surface area contributed by atoms with E-state index >= 15 is 0 Å². The highest BCUT2D eigenvalue weighted by Gasteiger charge is 1.89. The molecule has 54 valence electrons. The normalized spacial score (nSPS) is 11.2. The molecule has 3 nitrogen and oxygen atoms in total. The molecule has 0 atom stereocenters. The van der Waals surface area contributed by atoms with Crippen molar-refractivity contribution in [1.82, 2.24) is 0 Å². The standard InChI is InChI=1S/C6H8O3Si/c7-5(3-4-10)1-2-6(8)9/h1-4H,10H3,(H,8,9). The highest BCUT2D eigenvalue weighted by Crippen LogP contribution is 1.78. The van der Waals surface area contributed by atoms with Crippen LogP contribution in [0.5, 0.6) is 0 Å². The summed E-state index contributed by atoms with van der Waals surface area (Å²) < 4.78 is 0. The number of carboxylic acid groups (broad SMARTS) is 1. The molecule has 0 aromatic heterocycles. The molecule has 0 aliphatic heterocycles. The smallest absolute Gasteiger partial charge is 0.328 e. The highest BCUT2D eigenvalue weighted by molar-refractivity contribution is 6.20. The van der Waals surface area contributed by atoms with Gasteiger partial charge in [0.2, 0.25) is 0 Å². The second kappa shape index (κ2) is 4.69. The van der Waals surface area contributed by atoms with Crippen LogP contribution in [-0.2, 0) is 9.59 Å². The predicted octanol–water partition coefficient (Wildman–Crippen LogP) is -0.925. The third-order valence-electron chi connectivity index (χ3n) is 0.721. The molecule has 0 radical (unpaired) electrons. The Labute approximate surface area is 61.5 Å². The van der Waals surface area contributed by atoms with Gasteiger partial charge >= 0.3 is 5.97 Å². The zero-order valence-corrected chi connectivity index (χ0v) is 7.57. The van der Waals surface area contributed by atoms with Gasteiger partial charge in [-0.1, -0.05) is 0 Å². The number of hydrogen-bond donors (Lipinski definition) is 1. The predicted molar refractivity (Wildman–Crippen MR) is 40.9 cm³/mol. The van der Waals surface area contributed by atoms with Gasteiger partial charge in [-0.25, -0.2) is 4.79 Å². The van der Waals surface area contributed by atoms with Gasteiger partial charge in [0.25, 0.3) is 0 Å². The van der Waals surface area contributed by atoms with Gasteiger partial charge in [0.15, 0.2) is 5.78 Å². The summed E-state index contributed by atoms with van der Waals surface area (Å²) in [6, 6.07) is 0. The number of carbonyl (C=O) groups excluding carboxylic acids is 1. The lowest BCUT2D eigenvalue weighted by atomic mass is 10.3. The van der Waals surface area contributed by atoms with Crippen molar-refractivity contribution in [2.45, 2.75) is 0 Å². The molecule has 0 heterocycles. The molecular formula is C6H8O3Si. The third kappa shape index (κ3) is 4.98. The van der Waals surface area contributed by atoms with Gasteiger partial charge in [-0.2, -0.15) is 0 Å². The Morgan fingerprint density at radius 1 is 1.20 bits per heavy atom. The average Bonchev–Trinajstić information content (AvgIpc) is 1.85. The lowest BCUT2D eigenvalue weighted by molar-refractivity contribution is -0.131. The minimum Gasteiger partial charge on any atom is -0.478 e. The second-order valence-electron chi connectivity index (χ2n) is 1.57. The summed E-state index contributed by atoms with van der Waals surface area (Å²) in [6.07, 6.45) is 3.20. The van der Waals surface area contributed by atoms with Crippen LogP contribution in [0.1, 0.15) is 0 Å². The monoisotopic (exact) mass is 156 g/mol. The van der Waals surface area contributed by atoms with E-state index < -0.39 is 5.97 Å². The number of carbonyl (C=O) groups is 2. The molecular weight excluding hydrogens is 148 g/mol. The van der Waals surface area contributed by atoms with Crippen molar-refractivity contribution >= 4 is 22.0 Å². The Kier molecular flexibility index (Phi) is 4.15. The molecule has 0 aliphatic rings. The maximum absolute atomic E-state index is 10.5. The fourth-order valence-electron chi connectivity index (χ4n) is 0.373. The summed E-state index contributed by atoms with van der Waals surface area (Å²) in [6.45, 7) is 0. The van der Waals surface area contributed by atoms with Crippen LogP contribution in [0.2, 0.25) is 0 Å². The molecule has 0 spiro atoms. The molecule has 0 rings (SSSR count). The number of carboxylic acids is 1. The number of ketones is 1. The molecule has 0 aromatic carbocycles. The van der Waals surface area contributed by atoms with E-state index in [0.717, 1.165) is 22.4 Å². The van der Waals surface area contributed by atoms with Crippen molar-refractivity contribution in [1.29, 1.82) is 0 Å². The van der Waals surface area contributed by atoms with Gasteiger partial charge in [-0.15, -0.1) is 5.70 Å². The van der Waals surface area contributed by atoms with E-state index in [4.69, 9.17) is 5.11 Å². The summed E-state index contributed by atoms with van der Waals surface area (Å²) in [5.74, 6) is -1.38. The van der Waals surface area contributed by atoms with E-state index in [0.29, 0.717) is 0 Å². The first kappa shape index (κ1) is 8.84. The number of hydrogen-bond acceptors (Lipinski definition) is 2. The fourth-order valence-corrected chi connectivity index (χ4v) is 0.702. The van der Waals surface area contributed by atoms with Gasteiger partial charge in [0, 0.05) is 16.3 Å². The lowest BCUT2D eigenvalue weighted by Gasteiger charge is -1.78. The van der Waals surface area contributed by atoms with Crippen LogP contribution < -0.4 is 0 Å². The zero-order valence-electron chi connectivity index (χ0n) is 5.57. The van der Waals surface area contributed by atoms with Gasteiger partial charge < -0.3 is 5.11 Å². The average molecular weight is 156 g/mol. The Balaban J connectivity index is 3.90. The first-order chi connectivity index (χ1) is 4.66. The van der Waals surface area contributed by atoms with Gasteiger partial charge in [0.05, 0.1) is 0 Å². The Morgan fingerprint density at radius 2 is 1.80 bits per heavy atom. The summed E-state index contributed by atoms with van der Waals surface area (Å²) in [7, 11) is 0.808. The van der Waals surface area contributed by atoms with E-state index in [2.05, 4.69) is 0 Å². The van der Waals surface area contributed by atoms with Crippen molar-refractivity contribution < 1.29 is 14.7 Å². The van der Waals surface area contributed by atoms with Crippen molar-refractivity contribution in [3.05, 3.63) is 23.9 Å². The van der Waals surface area contributed by atoms with Crippen LogP contribution in [-0.4, -0.2) is 27.1 Å². The highest BCUT2D eigenvalue weighted by atomic mass is 28.1. The van der Waals surface area contributed by atoms with Crippen LogP contribution in [0.25, 0.3) is 0 Å². The quantitative estimate of drug-likeness (QED) is 0.424. The third-order valence-corrected chi connectivity index (χ3v) is 1.05. The summed E-state index contributed by atoms with van der Waals surface area (Å²) in [5.41, 5.74) is 1.69. The van der Waals surface area contributed by atoms with Crippen LogP contribution in [0, 0.1) is 0 Å². The van der Waals surface area contributed by atoms with Gasteiger partial charge in [-0.05, 0) is 12.2 Å². The molecule has 1 N–H and O–H groups in total. The first-order valence-electron chi connectivity index (χ1n) is 2.74. The SMILES string of the molecule is O=C(O)C=CC(=O)C=C[SiH3]. The van der Waals surface area contributed by atoms with Crippen LogP contribution in [0.4, 0.5) is 0 Å². The molecule has 4 heteroatoms. The van der Waals surface area contributed by atoms with Gasteiger partial charge in [0.1, 0.15) is 0 Å². The van der Waals surface area contributed by atoms with Crippen LogP contribution in [0.3, 0.4) is 0 Å². The molecule has 0 unspecified atom stereocenters. The largest absolute Gasteiger partial charge is 0.478 e.